The van der Waals surface area contributed by atoms with Crippen LogP contribution < -0.4 is 4.74 Å². The van der Waals surface area contributed by atoms with Crippen molar-refractivity contribution in [2.24, 2.45) is 0 Å². The van der Waals surface area contributed by atoms with Crippen LogP contribution in [0.4, 0.5) is 0 Å². The molecule has 0 saturated carbocycles. The van der Waals surface area contributed by atoms with E-state index in [0.29, 0.717) is 92.5 Å². The van der Waals surface area contributed by atoms with Gasteiger partial charge in [-0.15, -0.1) is 0 Å². The zero-order chi connectivity index (χ0) is 32.9. The van der Waals surface area contributed by atoms with E-state index in [1.165, 1.54) is 89.0 Å². The molecule has 0 aliphatic heterocycles. The van der Waals surface area contributed by atoms with Gasteiger partial charge in [0.25, 0.3) is 0 Å². The Kier molecular flexibility index (Phi) is 34.0. The number of aryl methyl sites for hydroxylation is 1. The highest BCUT2D eigenvalue weighted by Crippen LogP contribution is 2.15. The Morgan fingerprint density at radius 2 is 0.652 bits per heavy atom. The maximum absolute atomic E-state index is 5.78. The first-order valence-corrected chi connectivity index (χ1v) is 18.6. The second-order valence-electron chi connectivity index (χ2n) is 11.8. The first-order valence-electron chi connectivity index (χ1n) is 18.6. The summed E-state index contributed by atoms with van der Waals surface area (Å²) in [5, 5.41) is 0. The predicted molar refractivity (Wildman–Crippen MR) is 187 cm³/mol. The van der Waals surface area contributed by atoms with Gasteiger partial charge >= 0.3 is 0 Å². The van der Waals surface area contributed by atoms with Gasteiger partial charge in [0, 0.05) is 6.61 Å². The van der Waals surface area contributed by atoms with Gasteiger partial charge in [-0.3, -0.25) is 0 Å². The first-order chi connectivity index (χ1) is 22.9. The molecule has 0 aliphatic rings. The molecular weight excluding hydrogens is 584 g/mol. The number of unbranched alkanes of at least 4 members (excludes halogenated alkanes) is 12. The molecule has 0 aliphatic carbocycles. The van der Waals surface area contributed by atoms with Gasteiger partial charge in [0.2, 0.25) is 0 Å². The van der Waals surface area contributed by atoms with Crippen molar-refractivity contribution in [1.82, 2.24) is 0 Å². The minimum atomic E-state index is 0.535. The number of hydrogen-bond acceptors (Lipinski definition) is 8. The zero-order valence-electron chi connectivity index (χ0n) is 29.8. The summed E-state index contributed by atoms with van der Waals surface area (Å²) in [6.07, 6.45) is 19.7. The Morgan fingerprint density at radius 1 is 0.326 bits per heavy atom. The van der Waals surface area contributed by atoms with Gasteiger partial charge in [-0.25, -0.2) is 0 Å². The molecule has 1 aromatic carbocycles. The Balaban J connectivity index is 1.70. The lowest BCUT2D eigenvalue weighted by molar-refractivity contribution is -0.0213. The molecule has 0 aromatic heterocycles. The molecule has 0 unspecified atom stereocenters. The molecule has 0 radical (unpaired) electrons. The quantitative estimate of drug-likeness (QED) is 0.0661. The highest BCUT2D eigenvalue weighted by atomic mass is 16.6. The fourth-order valence-electron chi connectivity index (χ4n) is 4.84. The smallest absolute Gasteiger partial charge is 0.119 e. The van der Waals surface area contributed by atoms with E-state index in [2.05, 4.69) is 38.1 Å². The van der Waals surface area contributed by atoms with Crippen LogP contribution in [0.3, 0.4) is 0 Å². The normalized spacial score (nSPS) is 11.4. The first kappa shape index (κ1) is 42.8. The van der Waals surface area contributed by atoms with Crippen LogP contribution in [0.1, 0.15) is 109 Å². The third-order valence-electron chi connectivity index (χ3n) is 7.61. The van der Waals surface area contributed by atoms with Crippen LogP contribution in [0.15, 0.2) is 24.3 Å². The van der Waals surface area contributed by atoms with Gasteiger partial charge < -0.3 is 37.9 Å². The molecule has 8 heteroatoms. The molecule has 0 heterocycles. The van der Waals surface area contributed by atoms with Gasteiger partial charge in [0.05, 0.1) is 85.9 Å². The molecule has 0 N–H and O–H groups in total. The van der Waals surface area contributed by atoms with E-state index in [0.717, 1.165) is 25.2 Å². The Labute approximate surface area is 282 Å². The molecule has 270 valence electrons. The molecule has 0 bridgehead atoms. The van der Waals surface area contributed by atoms with Crippen molar-refractivity contribution >= 4 is 0 Å². The van der Waals surface area contributed by atoms with Crippen LogP contribution in [0.25, 0.3) is 0 Å². The van der Waals surface area contributed by atoms with Gasteiger partial charge in [-0.1, -0.05) is 103 Å². The van der Waals surface area contributed by atoms with Crippen molar-refractivity contribution in [2.75, 3.05) is 99.1 Å². The topological polar surface area (TPSA) is 73.8 Å². The average molecular weight is 655 g/mol. The second-order valence-corrected chi connectivity index (χ2v) is 11.8. The largest absolute Gasteiger partial charge is 0.491 e. The standard InChI is InChI=1S/C38H70O8/c1-3-5-7-9-11-12-14-16-22-39-23-24-40-25-26-41-27-28-42-29-30-43-31-32-44-33-34-45-35-36-46-38-20-18-37(19-21-38)17-15-13-10-8-6-4-2/h18-21H,3-17,22-36H2,1-2H3. The lowest BCUT2D eigenvalue weighted by Crippen LogP contribution is -2.15. The summed E-state index contributed by atoms with van der Waals surface area (Å²) < 4.78 is 44.7. The Morgan fingerprint density at radius 3 is 1.07 bits per heavy atom. The number of hydrogen-bond donors (Lipinski definition) is 0. The molecule has 0 fully saturated rings. The zero-order valence-corrected chi connectivity index (χ0v) is 29.8. The third kappa shape index (κ3) is 31.3. The maximum Gasteiger partial charge on any atom is 0.119 e. The van der Waals surface area contributed by atoms with E-state index in [-0.39, 0.29) is 0 Å². The van der Waals surface area contributed by atoms with E-state index in [1.807, 2.05) is 0 Å². The van der Waals surface area contributed by atoms with Crippen molar-refractivity contribution in [3.8, 4) is 5.75 Å². The summed E-state index contributed by atoms with van der Waals surface area (Å²) >= 11 is 0. The molecule has 0 spiro atoms. The van der Waals surface area contributed by atoms with Crippen LogP contribution >= 0.6 is 0 Å². The number of benzene rings is 1. The Bertz CT molecular complexity index is 702. The molecule has 1 aromatic rings. The van der Waals surface area contributed by atoms with Crippen molar-refractivity contribution in [1.29, 1.82) is 0 Å². The minimum Gasteiger partial charge on any atom is -0.491 e. The summed E-state index contributed by atoms with van der Waals surface area (Å²) in [6.45, 7) is 13.2. The van der Waals surface area contributed by atoms with Crippen LogP contribution in [0, 0.1) is 0 Å². The van der Waals surface area contributed by atoms with Gasteiger partial charge in [0.1, 0.15) is 12.4 Å². The molecule has 8 nitrogen and oxygen atoms in total. The summed E-state index contributed by atoms with van der Waals surface area (Å²) in [5.74, 6) is 0.894. The maximum atomic E-state index is 5.78. The van der Waals surface area contributed by atoms with Crippen molar-refractivity contribution in [3.05, 3.63) is 29.8 Å². The van der Waals surface area contributed by atoms with Gasteiger partial charge in [0.15, 0.2) is 0 Å². The lowest BCUT2D eigenvalue weighted by atomic mass is 10.0. The summed E-state index contributed by atoms with van der Waals surface area (Å²) in [7, 11) is 0. The lowest BCUT2D eigenvalue weighted by Gasteiger charge is -2.09. The molecule has 46 heavy (non-hydrogen) atoms. The third-order valence-corrected chi connectivity index (χ3v) is 7.61. The summed E-state index contributed by atoms with van der Waals surface area (Å²) in [6, 6.07) is 8.46. The molecule has 0 atom stereocenters. The van der Waals surface area contributed by atoms with E-state index in [4.69, 9.17) is 37.9 Å². The molecule has 0 amide bonds. The molecule has 1 rings (SSSR count). The van der Waals surface area contributed by atoms with Crippen LogP contribution in [0.2, 0.25) is 0 Å². The summed E-state index contributed by atoms with van der Waals surface area (Å²) in [4.78, 5) is 0. The van der Waals surface area contributed by atoms with Crippen LogP contribution in [0.5, 0.6) is 5.75 Å². The van der Waals surface area contributed by atoms with E-state index < -0.39 is 0 Å². The molecular formula is C38H70O8. The fraction of sp³-hybridized carbons (Fsp3) is 0.842. The van der Waals surface area contributed by atoms with E-state index in [1.54, 1.807) is 0 Å². The fourth-order valence-corrected chi connectivity index (χ4v) is 4.84. The number of ether oxygens (including phenoxy) is 8. The van der Waals surface area contributed by atoms with Crippen molar-refractivity contribution in [3.63, 3.8) is 0 Å². The van der Waals surface area contributed by atoms with Gasteiger partial charge in [-0.05, 0) is 37.0 Å². The highest BCUT2D eigenvalue weighted by Gasteiger charge is 1.99. The monoisotopic (exact) mass is 655 g/mol. The average Bonchev–Trinajstić information content (AvgIpc) is 3.08. The van der Waals surface area contributed by atoms with E-state index >= 15 is 0 Å². The highest BCUT2D eigenvalue weighted by molar-refractivity contribution is 5.27. The van der Waals surface area contributed by atoms with Crippen LogP contribution in [-0.2, 0) is 39.6 Å². The predicted octanol–water partition coefficient (Wildman–Crippen LogP) is 8.23. The van der Waals surface area contributed by atoms with Crippen molar-refractivity contribution < 1.29 is 37.9 Å². The van der Waals surface area contributed by atoms with Crippen LogP contribution in [-0.4, -0.2) is 99.1 Å². The van der Waals surface area contributed by atoms with Gasteiger partial charge in [-0.2, -0.15) is 0 Å². The van der Waals surface area contributed by atoms with Crippen molar-refractivity contribution in [2.45, 2.75) is 110 Å². The second kappa shape index (κ2) is 36.6. The number of rotatable bonds is 38. The SMILES string of the molecule is CCCCCCCCCCOCCOCCOCCOCCOCCOCCOCCOc1ccc(CCCCCCCC)cc1. The Hall–Kier alpha value is -1.26. The minimum absolute atomic E-state index is 0.535. The molecule has 0 saturated heterocycles. The summed E-state index contributed by atoms with van der Waals surface area (Å²) in [5.41, 5.74) is 1.39. The van der Waals surface area contributed by atoms with E-state index in [9.17, 15) is 0 Å².